The molecule has 1 aliphatic rings. The third kappa shape index (κ3) is 3.98. The molecular weight excluding hydrogens is 410 g/mol. The van der Waals surface area contributed by atoms with Gasteiger partial charge in [0, 0.05) is 11.6 Å². The van der Waals surface area contributed by atoms with Gasteiger partial charge in [0.1, 0.15) is 7.05 Å². The van der Waals surface area contributed by atoms with Crippen LogP contribution in [0, 0.1) is 26.2 Å². The molecule has 1 aliphatic carbocycles. The van der Waals surface area contributed by atoms with Crippen LogP contribution in [0.5, 0.6) is 0 Å². The van der Waals surface area contributed by atoms with Gasteiger partial charge in [0.25, 0.3) is 0 Å². The molecule has 172 valence electrons. The van der Waals surface area contributed by atoms with Crippen molar-refractivity contribution in [1.82, 2.24) is 0 Å². The van der Waals surface area contributed by atoms with Crippen LogP contribution >= 0.6 is 0 Å². The second-order valence-corrected chi connectivity index (χ2v) is 11.4. The smallest absolute Gasteiger partial charge is 0.200 e. The molecule has 0 fully saturated rings. The molecule has 0 atom stereocenters. The highest BCUT2D eigenvalue weighted by Crippen LogP contribution is 2.43. The van der Waals surface area contributed by atoms with Gasteiger partial charge in [-0.2, -0.15) is 0 Å². The molecule has 0 N–H and O–H groups in total. The van der Waals surface area contributed by atoms with Gasteiger partial charge < -0.3 is 0 Å². The maximum atomic E-state index is 2.48. The molecule has 0 saturated heterocycles. The molecule has 1 heterocycles. The number of pyridine rings is 1. The zero-order valence-electron chi connectivity index (χ0n) is 21.7. The predicted octanol–water partition coefficient (Wildman–Crippen LogP) is 7.93. The van der Waals surface area contributed by atoms with Crippen molar-refractivity contribution in [3.63, 3.8) is 0 Å². The lowest BCUT2D eigenvalue weighted by molar-refractivity contribution is -0.660. The van der Waals surface area contributed by atoms with Crippen molar-refractivity contribution in [3.8, 4) is 33.5 Å². The average molecular weight is 447 g/mol. The highest BCUT2D eigenvalue weighted by molar-refractivity contribution is 5.85. The fourth-order valence-electron chi connectivity index (χ4n) is 5.65. The maximum Gasteiger partial charge on any atom is 0.213 e. The summed E-state index contributed by atoms with van der Waals surface area (Å²) in [6.07, 6.45) is 4.42. The van der Waals surface area contributed by atoms with Gasteiger partial charge in [-0.25, -0.2) is 4.57 Å². The van der Waals surface area contributed by atoms with Gasteiger partial charge in [-0.15, -0.1) is 0 Å². The van der Waals surface area contributed by atoms with Crippen LogP contribution in [-0.4, -0.2) is 0 Å². The Kier molecular flexibility index (Phi) is 5.47. The number of aromatic nitrogens is 1. The van der Waals surface area contributed by atoms with Crippen molar-refractivity contribution in [3.05, 3.63) is 100 Å². The van der Waals surface area contributed by atoms with E-state index in [4.69, 9.17) is 0 Å². The number of hydrogen-bond donors (Lipinski definition) is 0. The van der Waals surface area contributed by atoms with Crippen molar-refractivity contribution in [2.75, 3.05) is 0 Å². The van der Waals surface area contributed by atoms with Crippen LogP contribution in [0.2, 0.25) is 0 Å². The number of hydrogen-bond acceptors (Lipinski definition) is 0. The van der Waals surface area contributed by atoms with Crippen LogP contribution in [0.1, 0.15) is 54.2 Å². The standard InChI is InChI=1S/C33H36N/c1-21-12-14-27-24(16-21)17-29-28(27)15-13-23(3)32(29)31-18-25(19-33(4,5)6)30(20-34(31)7)26-11-9-8-10-22(26)2/h8-16,18,20H,17,19H2,1-7H3/q+1. The highest BCUT2D eigenvalue weighted by Gasteiger charge is 2.28. The van der Waals surface area contributed by atoms with Gasteiger partial charge in [-0.1, -0.05) is 80.9 Å². The van der Waals surface area contributed by atoms with Gasteiger partial charge in [-0.3, -0.25) is 0 Å². The normalized spacial score (nSPS) is 12.6. The Labute approximate surface area is 205 Å². The fourth-order valence-corrected chi connectivity index (χ4v) is 5.65. The molecule has 0 radical (unpaired) electrons. The van der Waals surface area contributed by atoms with Gasteiger partial charge >= 0.3 is 0 Å². The molecule has 0 saturated carbocycles. The SMILES string of the molecule is Cc1ccc2c(c1)Cc1c-2ccc(C)c1-c1cc(CC(C)(C)C)c(-c2ccccc2C)c[n+]1C. The minimum atomic E-state index is 0.204. The lowest BCUT2D eigenvalue weighted by atomic mass is 9.83. The molecule has 1 heteroatoms. The largest absolute Gasteiger partial charge is 0.213 e. The Morgan fingerprint density at radius 2 is 1.50 bits per heavy atom. The van der Waals surface area contributed by atoms with E-state index in [1.165, 1.54) is 66.9 Å². The van der Waals surface area contributed by atoms with Crippen LogP contribution in [0.3, 0.4) is 0 Å². The zero-order valence-corrected chi connectivity index (χ0v) is 21.7. The number of aryl methyl sites for hydroxylation is 4. The predicted molar refractivity (Wildman–Crippen MR) is 144 cm³/mol. The van der Waals surface area contributed by atoms with E-state index in [2.05, 4.69) is 120 Å². The number of nitrogens with zero attached hydrogens (tertiary/aromatic N) is 1. The minimum absolute atomic E-state index is 0.204. The molecule has 0 aliphatic heterocycles. The van der Waals surface area contributed by atoms with E-state index in [1.54, 1.807) is 0 Å². The molecule has 5 rings (SSSR count). The summed E-state index contributed by atoms with van der Waals surface area (Å²) < 4.78 is 2.35. The molecule has 0 amide bonds. The van der Waals surface area contributed by atoms with Gasteiger partial charge in [0.15, 0.2) is 6.20 Å². The molecular formula is C33H36N+. The van der Waals surface area contributed by atoms with Gasteiger partial charge in [-0.05, 0) is 83.5 Å². The number of benzene rings is 3. The molecule has 0 unspecified atom stereocenters. The van der Waals surface area contributed by atoms with Crippen LogP contribution in [0.4, 0.5) is 0 Å². The summed E-state index contributed by atoms with van der Waals surface area (Å²) in [5.74, 6) is 0. The monoisotopic (exact) mass is 446 g/mol. The first-order chi connectivity index (χ1) is 16.1. The number of fused-ring (bicyclic) bond motifs is 3. The quantitative estimate of drug-likeness (QED) is 0.248. The summed E-state index contributed by atoms with van der Waals surface area (Å²) in [4.78, 5) is 0. The summed E-state index contributed by atoms with van der Waals surface area (Å²) in [7, 11) is 2.21. The van der Waals surface area contributed by atoms with E-state index in [1.807, 2.05) is 0 Å². The van der Waals surface area contributed by atoms with E-state index < -0.39 is 0 Å². The van der Waals surface area contributed by atoms with Crippen molar-refractivity contribution in [2.45, 2.75) is 54.4 Å². The number of rotatable bonds is 3. The maximum absolute atomic E-state index is 2.48. The van der Waals surface area contributed by atoms with Gasteiger partial charge in [0.05, 0.1) is 5.56 Å². The molecule has 1 aromatic heterocycles. The van der Waals surface area contributed by atoms with Crippen molar-refractivity contribution >= 4 is 0 Å². The Hall–Kier alpha value is -3.19. The Morgan fingerprint density at radius 1 is 0.765 bits per heavy atom. The molecule has 3 aromatic carbocycles. The zero-order chi connectivity index (χ0) is 24.2. The Bertz CT molecular complexity index is 1420. The van der Waals surface area contributed by atoms with E-state index in [0.717, 1.165) is 12.8 Å². The topological polar surface area (TPSA) is 3.88 Å². The van der Waals surface area contributed by atoms with Crippen LogP contribution in [-0.2, 0) is 19.9 Å². The summed E-state index contributed by atoms with van der Waals surface area (Å²) >= 11 is 0. The third-order valence-corrected chi connectivity index (χ3v) is 7.21. The summed E-state index contributed by atoms with van der Waals surface area (Å²) in [5.41, 5.74) is 16.8. The van der Waals surface area contributed by atoms with Crippen molar-refractivity contribution < 1.29 is 4.57 Å². The Morgan fingerprint density at radius 3 is 2.24 bits per heavy atom. The van der Waals surface area contributed by atoms with Crippen LogP contribution < -0.4 is 4.57 Å². The van der Waals surface area contributed by atoms with E-state index >= 15 is 0 Å². The fraction of sp³-hybridized carbons (Fsp3) is 0.303. The van der Waals surface area contributed by atoms with Crippen molar-refractivity contribution in [1.29, 1.82) is 0 Å². The van der Waals surface area contributed by atoms with Crippen LogP contribution in [0.25, 0.3) is 33.5 Å². The molecule has 0 bridgehead atoms. The lowest BCUT2D eigenvalue weighted by Crippen LogP contribution is -2.32. The van der Waals surface area contributed by atoms with E-state index in [0.29, 0.717) is 0 Å². The second kappa shape index (κ2) is 8.24. The molecule has 0 spiro atoms. The molecule has 1 nitrogen and oxygen atoms in total. The van der Waals surface area contributed by atoms with E-state index in [-0.39, 0.29) is 5.41 Å². The first kappa shape index (κ1) is 22.6. The lowest BCUT2D eigenvalue weighted by Gasteiger charge is -2.22. The molecule has 4 aromatic rings. The van der Waals surface area contributed by atoms with E-state index in [9.17, 15) is 0 Å². The summed E-state index contributed by atoms with van der Waals surface area (Å²) in [6, 6.07) is 22.8. The molecule has 34 heavy (non-hydrogen) atoms. The average Bonchev–Trinajstić information content (AvgIpc) is 3.12. The first-order valence-electron chi connectivity index (χ1n) is 12.4. The Balaban J connectivity index is 1.74. The third-order valence-electron chi connectivity index (χ3n) is 7.21. The summed E-state index contributed by atoms with van der Waals surface area (Å²) in [6.45, 7) is 13.7. The highest BCUT2D eigenvalue weighted by atomic mass is 14.9. The first-order valence-corrected chi connectivity index (χ1v) is 12.4. The van der Waals surface area contributed by atoms with Gasteiger partial charge in [0.2, 0.25) is 5.69 Å². The van der Waals surface area contributed by atoms with Crippen LogP contribution in [0.15, 0.2) is 66.9 Å². The minimum Gasteiger partial charge on any atom is -0.200 e. The van der Waals surface area contributed by atoms with Crippen molar-refractivity contribution in [2.24, 2.45) is 12.5 Å². The second-order valence-electron chi connectivity index (χ2n) is 11.4. The summed E-state index contributed by atoms with van der Waals surface area (Å²) in [5, 5.41) is 0.